The summed E-state index contributed by atoms with van der Waals surface area (Å²) < 4.78 is 22.1. The van der Waals surface area contributed by atoms with Crippen molar-refractivity contribution >= 4 is 31.5 Å². The topological polar surface area (TPSA) is 57.7 Å². The van der Waals surface area contributed by atoms with Gasteiger partial charge in [0.25, 0.3) is 9.05 Å². The van der Waals surface area contributed by atoms with Gasteiger partial charge in [-0.2, -0.15) is 0 Å². The van der Waals surface area contributed by atoms with E-state index >= 15 is 0 Å². The number of hydrogen-bond donors (Lipinski definition) is 0. The third kappa shape index (κ3) is 3.34. The van der Waals surface area contributed by atoms with Crippen LogP contribution in [-0.2, 0) is 9.05 Å². The number of benzene rings is 1. The van der Waals surface area contributed by atoms with Crippen LogP contribution in [-0.4, -0.2) is 40.5 Å². The highest BCUT2D eigenvalue weighted by molar-refractivity contribution is 8.13. The zero-order valence-corrected chi connectivity index (χ0v) is 11.3. The molecule has 5 nitrogen and oxygen atoms in total. The maximum Gasteiger partial charge on any atom is 0.323 e. The van der Waals surface area contributed by atoms with E-state index in [0.717, 1.165) is 0 Å². The van der Waals surface area contributed by atoms with Gasteiger partial charge in [0.05, 0.1) is 4.90 Å². The van der Waals surface area contributed by atoms with Crippen molar-refractivity contribution in [3.05, 3.63) is 24.3 Å². The second kappa shape index (κ2) is 4.93. The maximum atomic E-state index is 11.6. The Morgan fingerprint density at radius 1 is 1.12 bits per heavy atom. The van der Waals surface area contributed by atoms with Crippen LogP contribution in [0.25, 0.3) is 0 Å². The lowest BCUT2D eigenvalue weighted by Gasteiger charge is -2.21. The maximum absolute atomic E-state index is 11.6. The zero-order chi connectivity index (χ0) is 13.2. The molecule has 0 saturated carbocycles. The number of rotatable bonds is 2. The van der Waals surface area contributed by atoms with Gasteiger partial charge in [-0.1, -0.05) is 0 Å². The fourth-order valence-electron chi connectivity index (χ4n) is 1.24. The summed E-state index contributed by atoms with van der Waals surface area (Å²) in [6.45, 7) is 0. The minimum Gasteiger partial charge on any atom is -0.330 e. The van der Waals surface area contributed by atoms with Gasteiger partial charge in [0.2, 0.25) is 0 Å². The second-order valence-corrected chi connectivity index (χ2v) is 6.23. The summed E-state index contributed by atoms with van der Waals surface area (Å²) >= 11 is 0. The molecule has 1 aromatic carbocycles. The van der Waals surface area contributed by atoms with Crippen molar-refractivity contribution in [3.63, 3.8) is 0 Å². The van der Waals surface area contributed by atoms with Crippen molar-refractivity contribution in [1.82, 2.24) is 4.90 Å². The Labute approximate surface area is 105 Å². The number of hydrogen-bond acceptors (Lipinski definition) is 3. The molecule has 0 fully saturated rings. The van der Waals surface area contributed by atoms with Gasteiger partial charge >= 0.3 is 6.03 Å². The quantitative estimate of drug-likeness (QED) is 0.773. The molecule has 2 amide bonds. The van der Waals surface area contributed by atoms with Crippen molar-refractivity contribution < 1.29 is 13.2 Å². The Kier molecular flexibility index (Phi) is 4.00. The molecule has 0 spiro atoms. The molecule has 0 saturated heterocycles. The number of carbonyl (C=O) groups is 1. The first-order chi connectivity index (χ1) is 7.73. The number of nitrogens with zero attached hydrogens (tertiary/aromatic N) is 2. The van der Waals surface area contributed by atoms with E-state index in [2.05, 4.69) is 0 Å². The first-order valence-electron chi connectivity index (χ1n) is 4.73. The van der Waals surface area contributed by atoms with Gasteiger partial charge in [-0.15, -0.1) is 0 Å². The van der Waals surface area contributed by atoms with Crippen LogP contribution >= 0.6 is 10.7 Å². The summed E-state index contributed by atoms with van der Waals surface area (Å²) in [7, 11) is 6.34. The lowest BCUT2D eigenvalue weighted by molar-refractivity contribution is 0.225. The Morgan fingerprint density at radius 3 is 1.94 bits per heavy atom. The second-order valence-electron chi connectivity index (χ2n) is 3.67. The molecule has 0 atom stereocenters. The van der Waals surface area contributed by atoms with Crippen molar-refractivity contribution in [1.29, 1.82) is 0 Å². The Balaban J connectivity index is 3.00. The van der Waals surface area contributed by atoms with Crippen LogP contribution in [0.3, 0.4) is 0 Å². The molecule has 0 heterocycles. The van der Waals surface area contributed by atoms with E-state index in [9.17, 15) is 13.2 Å². The summed E-state index contributed by atoms with van der Waals surface area (Å²) in [5.74, 6) is 0. The molecule has 0 radical (unpaired) electrons. The van der Waals surface area contributed by atoms with E-state index in [4.69, 9.17) is 10.7 Å². The van der Waals surface area contributed by atoms with Crippen LogP contribution in [0, 0.1) is 0 Å². The summed E-state index contributed by atoms with van der Waals surface area (Å²) in [6, 6.07) is 5.56. The molecule has 7 heteroatoms. The Morgan fingerprint density at radius 2 is 1.59 bits per heavy atom. The number of urea groups is 1. The average molecular weight is 277 g/mol. The summed E-state index contributed by atoms with van der Waals surface area (Å²) in [4.78, 5) is 14.5. The van der Waals surface area contributed by atoms with E-state index in [-0.39, 0.29) is 10.9 Å². The molecule has 1 aromatic rings. The normalized spacial score (nSPS) is 11.1. The SMILES string of the molecule is CN(C)C(=O)N(C)c1ccc(S(=O)(=O)Cl)cc1. The van der Waals surface area contributed by atoms with Crippen molar-refractivity contribution in [2.24, 2.45) is 0 Å². The molecule has 0 aliphatic rings. The highest BCUT2D eigenvalue weighted by Crippen LogP contribution is 2.20. The van der Waals surface area contributed by atoms with E-state index in [1.807, 2.05) is 0 Å². The summed E-state index contributed by atoms with van der Waals surface area (Å²) in [5, 5.41) is 0. The minimum atomic E-state index is -3.72. The fourth-order valence-corrected chi connectivity index (χ4v) is 2.01. The molecule has 0 aliphatic carbocycles. The highest BCUT2D eigenvalue weighted by Gasteiger charge is 2.14. The van der Waals surface area contributed by atoms with Gasteiger partial charge < -0.3 is 4.90 Å². The molecule has 0 unspecified atom stereocenters. The molecular weight excluding hydrogens is 264 g/mol. The van der Waals surface area contributed by atoms with Crippen molar-refractivity contribution in [2.45, 2.75) is 4.90 Å². The van der Waals surface area contributed by atoms with Crippen LogP contribution in [0.4, 0.5) is 10.5 Å². The van der Waals surface area contributed by atoms with Gasteiger partial charge in [0.1, 0.15) is 0 Å². The molecule has 0 aliphatic heterocycles. The highest BCUT2D eigenvalue weighted by atomic mass is 35.7. The van der Waals surface area contributed by atoms with Crippen LogP contribution in [0.15, 0.2) is 29.2 Å². The first-order valence-corrected chi connectivity index (χ1v) is 7.04. The number of carbonyl (C=O) groups excluding carboxylic acids is 1. The summed E-state index contributed by atoms with van der Waals surface area (Å²) in [5.41, 5.74) is 0.591. The van der Waals surface area contributed by atoms with E-state index in [1.165, 1.54) is 34.1 Å². The third-order valence-electron chi connectivity index (χ3n) is 2.18. The van der Waals surface area contributed by atoms with Crippen molar-refractivity contribution in [3.8, 4) is 0 Å². The predicted octanol–water partition coefficient (Wildman–Crippen LogP) is 1.73. The molecule has 17 heavy (non-hydrogen) atoms. The first kappa shape index (κ1) is 13.8. The van der Waals surface area contributed by atoms with E-state index in [1.54, 1.807) is 21.1 Å². The largest absolute Gasteiger partial charge is 0.330 e. The van der Waals surface area contributed by atoms with Crippen LogP contribution in [0.5, 0.6) is 0 Å². The molecule has 0 bridgehead atoms. The molecule has 0 aromatic heterocycles. The zero-order valence-electron chi connectivity index (χ0n) is 9.71. The molecule has 1 rings (SSSR count). The van der Waals surface area contributed by atoms with Crippen LogP contribution < -0.4 is 4.90 Å². The van der Waals surface area contributed by atoms with Crippen LogP contribution in [0.1, 0.15) is 0 Å². The van der Waals surface area contributed by atoms with E-state index in [0.29, 0.717) is 5.69 Å². The van der Waals surface area contributed by atoms with Gasteiger partial charge in [-0.05, 0) is 24.3 Å². The van der Waals surface area contributed by atoms with Crippen molar-refractivity contribution in [2.75, 3.05) is 26.0 Å². The van der Waals surface area contributed by atoms with Gasteiger partial charge in [0, 0.05) is 37.5 Å². The van der Waals surface area contributed by atoms with Gasteiger partial charge in [-0.25, -0.2) is 13.2 Å². The average Bonchev–Trinajstić information content (AvgIpc) is 2.26. The molecule has 94 valence electrons. The smallest absolute Gasteiger partial charge is 0.323 e. The predicted molar refractivity (Wildman–Crippen MR) is 67.0 cm³/mol. The van der Waals surface area contributed by atoms with Gasteiger partial charge in [0.15, 0.2) is 0 Å². The number of anilines is 1. The third-order valence-corrected chi connectivity index (χ3v) is 3.54. The summed E-state index contributed by atoms with van der Waals surface area (Å²) in [6.07, 6.45) is 0. The van der Waals surface area contributed by atoms with E-state index < -0.39 is 9.05 Å². The minimum absolute atomic E-state index is 0.00798. The van der Waals surface area contributed by atoms with Crippen LogP contribution in [0.2, 0.25) is 0 Å². The Hall–Kier alpha value is -1.27. The number of amides is 2. The lowest BCUT2D eigenvalue weighted by Crippen LogP contribution is -2.36. The standard InChI is InChI=1S/C10H13ClN2O3S/c1-12(2)10(14)13(3)8-4-6-9(7-5-8)17(11,15)16/h4-7H,1-3H3. The lowest BCUT2D eigenvalue weighted by atomic mass is 10.3. The number of halogens is 1. The van der Waals surface area contributed by atoms with Gasteiger partial charge in [-0.3, -0.25) is 4.90 Å². The monoisotopic (exact) mass is 276 g/mol. The molecule has 0 N–H and O–H groups in total. The fraction of sp³-hybridized carbons (Fsp3) is 0.300. The molecular formula is C10H13ClN2O3S. The Bertz CT molecular complexity index is 511.